The van der Waals surface area contributed by atoms with Gasteiger partial charge in [0.2, 0.25) is 0 Å². The molecule has 0 amide bonds. The lowest BCUT2D eigenvalue weighted by Gasteiger charge is -2.29. The molecule has 0 spiro atoms. The highest BCUT2D eigenvalue weighted by molar-refractivity contribution is 5.76. The van der Waals surface area contributed by atoms with E-state index in [1.807, 2.05) is 20.8 Å². The van der Waals surface area contributed by atoms with Gasteiger partial charge in [-0.25, -0.2) is 0 Å². The summed E-state index contributed by atoms with van der Waals surface area (Å²) in [7, 11) is 0. The summed E-state index contributed by atoms with van der Waals surface area (Å²) in [6.45, 7) is 6.92. The van der Waals surface area contributed by atoms with Gasteiger partial charge in [-0.15, -0.1) is 0 Å². The topological polar surface area (TPSA) is 44.8 Å². The van der Waals surface area contributed by atoms with Crippen LogP contribution in [0.5, 0.6) is 11.5 Å². The molecule has 18 heavy (non-hydrogen) atoms. The molecule has 0 radical (unpaired) electrons. The highest BCUT2D eigenvalue weighted by atomic mass is 16.6. The molecule has 0 saturated carbocycles. The Hall–Kier alpha value is -1.55. The largest absolute Gasteiger partial charge is 0.486 e. The predicted molar refractivity (Wildman–Crippen MR) is 67.4 cm³/mol. The summed E-state index contributed by atoms with van der Waals surface area (Å²) in [6, 6.07) is 5.15. The van der Waals surface area contributed by atoms with Gasteiger partial charge in [0.1, 0.15) is 12.9 Å². The fourth-order valence-electron chi connectivity index (χ4n) is 1.63. The molecule has 0 aliphatic carbocycles. The standard InChI is InChI=1S/C14H18O4/c1-14(2,3)17-9-11-8-16-13-6-10(7-15)4-5-12(13)18-11/h4-7,11H,8-9H2,1-3H3/t11-/m0/s1. The van der Waals surface area contributed by atoms with E-state index in [-0.39, 0.29) is 11.7 Å². The van der Waals surface area contributed by atoms with Gasteiger partial charge in [0.25, 0.3) is 0 Å². The summed E-state index contributed by atoms with van der Waals surface area (Å²) in [4.78, 5) is 10.7. The molecule has 1 aliphatic heterocycles. The number of carbonyl (C=O) groups excluding carboxylic acids is 1. The number of fused-ring (bicyclic) bond motifs is 1. The molecular formula is C14H18O4. The lowest BCUT2D eigenvalue weighted by atomic mass is 10.2. The van der Waals surface area contributed by atoms with Crippen LogP contribution < -0.4 is 9.47 Å². The van der Waals surface area contributed by atoms with E-state index in [1.54, 1.807) is 18.2 Å². The molecule has 2 rings (SSSR count). The highest BCUT2D eigenvalue weighted by Crippen LogP contribution is 2.32. The van der Waals surface area contributed by atoms with E-state index < -0.39 is 0 Å². The van der Waals surface area contributed by atoms with Gasteiger partial charge < -0.3 is 14.2 Å². The molecule has 0 aromatic heterocycles. The second-order valence-electron chi connectivity index (χ2n) is 5.30. The van der Waals surface area contributed by atoms with Gasteiger partial charge >= 0.3 is 0 Å². The zero-order chi connectivity index (χ0) is 13.2. The normalized spacial score (nSPS) is 18.5. The molecule has 1 atom stereocenters. The van der Waals surface area contributed by atoms with Crippen LogP contribution in [0.25, 0.3) is 0 Å². The molecule has 98 valence electrons. The van der Waals surface area contributed by atoms with Crippen molar-refractivity contribution in [2.75, 3.05) is 13.2 Å². The van der Waals surface area contributed by atoms with Crippen molar-refractivity contribution in [2.24, 2.45) is 0 Å². The minimum atomic E-state index is -0.189. The number of hydrogen-bond donors (Lipinski definition) is 0. The van der Waals surface area contributed by atoms with Crippen LogP contribution in [0.15, 0.2) is 18.2 Å². The Morgan fingerprint density at radius 1 is 1.39 bits per heavy atom. The number of carbonyl (C=O) groups is 1. The second-order valence-corrected chi connectivity index (χ2v) is 5.30. The molecular weight excluding hydrogens is 232 g/mol. The van der Waals surface area contributed by atoms with Gasteiger partial charge in [0, 0.05) is 5.56 Å². The van der Waals surface area contributed by atoms with Crippen LogP contribution in [0.2, 0.25) is 0 Å². The maximum absolute atomic E-state index is 10.7. The lowest BCUT2D eigenvalue weighted by Crippen LogP contribution is -2.36. The van der Waals surface area contributed by atoms with Crippen LogP contribution in [0.4, 0.5) is 0 Å². The molecule has 4 nitrogen and oxygen atoms in total. The van der Waals surface area contributed by atoms with Crippen LogP contribution in [0.3, 0.4) is 0 Å². The van der Waals surface area contributed by atoms with Crippen LogP contribution in [-0.4, -0.2) is 31.2 Å². The lowest BCUT2D eigenvalue weighted by molar-refractivity contribution is -0.0583. The van der Waals surface area contributed by atoms with E-state index in [1.165, 1.54) is 0 Å². The number of hydrogen-bond acceptors (Lipinski definition) is 4. The van der Waals surface area contributed by atoms with Crippen LogP contribution >= 0.6 is 0 Å². The first-order valence-corrected chi connectivity index (χ1v) is 6.00. The molecule has 0 fully saturated rings. The molecule has 1 aliphatic rings. The van der Waals surface area contributed by atoms with Crippen molar-refractivity contribution in [1.29, 1.82) is 0 Å². The number of ether oxygens (including phenoxy) is 3. The summed E-state index contributed by atoms with van der Waals surface area (Å²) >= 11 is 0. The van der Waals surface area contributed by atoms with Crippen molar-refractivity contribution in [1.82, 2.24) is 0 Å². The molecule has 4 heteroatoms. The maximum atomic E-state index is 10.7. The Morgan fingerprint density at radius 3 is 2.83 bits per heavy atom. The monoisotopic (exact) mass is 250 g/mol. The summed E-state index contributed by atoms with van der Waals surface area (Å²) < 4.78 is 17.0. The Bertz CT molecular complexity index is 434. The minimum absolute atomic E-state index is 0.112. The average Bonchev–Trinajstić information content (AvgIpc) is 2.34. The Labute approximate surface area is 107 Å². The van der Waals surface area contributed by atoms with Gasteiger partial charge in [-0.3, -0.25) is 4.79 Å². The van der Waals surface area contributed by atoms with Crippen molar-refractivity contribution >= 4 is 6.29 Å². The third kappa shape index (κ3) is 3.23. The van der Waals surface area contributed by atoms with Gasteiger partial charge in [-0.05, 0) is 39.0 Å². The van der Waals surface area contributed by atoms with Crippen molar-refractivity contribution in [3.05, 3.63) is 23.8 Å². The zero-order valence-electron chi connectivity index (χ0n) is 10.9. The van der Waals surface area contributed by atoms with Crippen molar-refractivity contribution in [3.63, 3.8) is 0 Å². The van der Waals surface area contributed by atoms with Crippen molar-refractivity contribution in [2.45, 2.75) is 32.5 Å². The van der Waals surface area contributed by atoms with Gasteiger partial charge in [0.05, 0.1) is 12.2 Å². The van der Waals surface area contributed by atoms with Crippen LogP contribution in [0, 0.1) is 0 Å². The van der Waals surface area contributed by atoms with Crippen molar-refractivity contribution < 1.29 is 19.0 Å². The molecule has 1 aromatic rings. The molecule has 0 unspecified atom stereocenters. The molecule has 1 heterocycles. The Balaban J connectivity index is 2.00. The Kier molecular flexibility index (Phi) is 3.57. The van der Waals surface area contributed by atoms with E-state index in [0.717, 1.165) is 6.29 Å². The number of rotatable bonds is 3. The second kappa shape index (κ2) is 4.98. The zero-order valence-corrected chi connectivity index (χ0v) is 10.9. The number of benzene rings is 1. The van der Waals surface area contributed by atoms with E-state index in [9.17, 15) is 4.79 Å². The quantitative estimate of drug-likeness (QED) is 0.773. The molecule has 0 saturated heterocycles. The highest BCUT2D eigenvalue weighted by Gasteiger charge is 2.23. The van der Waals surface area contributed by atoms with Gasteiger partial charge in [0.15, 0.2) is 17.6 Å². The van der Waals surface area contributed by atoms with Crippen LogP contribution in [-0.2, 0) is 4.74 Å². The first-order valence-electron chi connectivity index (χ1n) is 6.00. The van der Waals surface area contributed by atoms with Gasteiger partial charge in [-0.2, -0.15) is 0 Å². The third-order valence-electron chi connectivity index (χ3n) is 2.52. The first kappa shape index (κ1) is 12.9. The predicted octanol–water partition coefficient (Wildman–Crippen LogP) is 2.45. The minimum Gasteiger partial charge on any atom is -0.486 e. The molecule has 0 bridgehead atoms. The van der Waals surface area contributed by atoms with E-state index in [2.05, 4.69) is 0 Å². The SMILES string of the molecule is CC(C)(C)OC[C@@H]1COc2cc(C=O)ccc2O1. The van der Waals surface area contributed by atoms with Crippen LogP contribution in [0.1, 0.15) is 31.1 Å². The summed E-state index contributed by atoms with van der Waals surface area (Å²) in [6.07, 6.45) is 0.678. The summed E-state index contributed by atoms with van der Waals surface area (Å²) in [5, 5.41) is 0. The first-order chi connectivity index (χ1) is 8.48. The fourth-order valence-corrected chi connectivity index (χ4v) is 1.63. The van der Waals surface area contributed by atoms with Crippen molar-refractivity contribution in [3.8, 4) is 11.5 Å². The Morgan fingerprint density at radius 2 is 2.17 bits per heavy atom. The van der Waals surface area contributed by atoms with E-state index >= 15 is 0 Å². The summed E-state index contributed by atoms with van der Waals surface area (Å²) in [5.41, 5.74) is 0.395. The fraction of sp³-hybridized carbons (Fsp3) is 0.500. The maximum Gasteiger partial charge on any atom is 0.162 e. The van der Waals surface area contributed by atoms with E-state index in [4.69, 9.17) is 14.2 Å². The average molecular weight is 250 g/mol. The smallest absolute Gasteiger partial charge is 0.162 e. The van der Waals surface area contributed by atoms with Gasteiger partial charge in [-0.1, -0.05) is 0 Å². The molecule has 0 N–H and O–H groups in total. The number of aldehydes is 1. The summed E-state index contributed by atoms with van der Waals surface area (Å²) in [5.74, 6) is 1.28. The van der Waals surface area contributed by atoms with E-state index in [0.29, 0.717) is 30.3 Å². The third-order valence-corrected chi connectivity index (χ3v) is 2.52. The molecule has 1 aromatic carbocycles.